The number of nitrogens with zero attached hydrogens (tertiary/aromatic N) is 2. The summed E-state index contributed by atoms with van der Waals surface area (Å²) in [5, 5.41) is 8.09. The van der Waals surface area contributed by atoms with Crippen molar-refractivity contribution in [2.75, 3.05) is 0 Å². The Balaban J connectivity index is 1.76. The summed E-state index contributed by atoms with van der Waals surface area (Å²) in [7, 11) is 0. The highest BCUT2D eigenvalue weighted by Crippen LogP contribution is 2.25. The second kappa shape index (κ2) is 7.68. The van der Waals surface area contributed by atoms with Gasteiger partial charge in [-0.1, -0.05) is 32.6 Å². The van der Waals surface area contributed by atoms with E-state index in [2.05, 4.69) is 30.5 Å². The molecule has 1 heterocycles. The van der Waals surface area contributed by atoms with Crippen LogP contribution in [0.1, 0.15) is 64.4 Å². The fourth-order valence-corrected chi connectivity index (χ4v) is 3.11. The fraction of sp³-hybridized carbons (Fsp3) is 0.812. The smallest absolute Gasteiger partial charge is 0.0534 e. The van der Waals surface area contributed by atoms with Crippen LogP contribution in [0.5, 0.6) is 0 Å². The van der Waals surface area contributed by atoms with E-state index in [1.54, 1.807) is 0 Å². The minimum Gasteiger partial charge on any atom is -0.310 e. The van der Waals surface area contributed by atoms with E-state index in [1.165, 1.54) is 44.1 Å². The number of aromatic nitrogens is 2. The summed E-state index contributed by atoms with van der Waals surface area (Å²) in [5.41, 5.74) is 1.31. The lowest BCUT2D eigenvalue weighted by molar-refractivity contribution is 0.336. The molecule has 0 aliphatic heterocycles. The van der Waals surface area contributed by atoms with Crippen molar-refractivity contribution >= 4 is 0 Å². The van der Waals surface area contributed by atoms with E-state index in [-0.39, 0.29) is 0 Å². The third-order valence-electron chi connectivity index (χ3n) is 4.37. The van der Waals surface area contributed by atoms with Gasteiger partial charge in [-0.25, -0.2) is 0 Å². The zero-order valence-corrected chi connectivity index (χ0v) is 12.6. The molecule has 1 fully saturated rings. The summed E-state index contributed by atoms with van der Waals surface area (Å²) in [6.45, 7) is 6.53. The molecule has 1 aromatic rings. The van der Waals surface area contributed by atoms with E-state index in [1.807, 2.05) is 10.9 Å². The first kappa shape index (κ1) is 14.6. The largest absolute Gasteiger partial charge is 0.310 e. The SMILES string of the molecule is CCCn1cc(CN[C@@H](C)C2CCCCCC2)cn1. The molecule has 0 unspecified atom stereocenters. The van der Waals surface area contributed by atoms with Gasteiger partial charge in [-0.3, -0.25) is 4.68 Å². The van der Waals surface area contributed by atoms with Gasteiger partial charge in [-0.2, -0.15) is 5.10 Å². The Morgan fingerprint density at radius 2 is 2.05 bits per heavy atom. The van der Waals surface area contributed by atoms with Gasteiger partial charge in [0.15, 0.2) is 0 Å². The molecule has 0 bridgehead atoms. The van der Waals surface area contributed by atoms with E-state index >= 15 is 0 Å². The van der Waals surface area contributed by atoms with Crippen LogP contribution in [0.3, 0.4) is 0 Å². The van der Waals surface area contributed by atoms with E-state index in [0.29, 0.717) is 6.04 Å². The first-order valence-electron chi connectivity index (χ1n) is 8.04. The van der Waals surface area contributed by atoms with Crippen molar-refractivity contribution in [1.29, 1.82) is 0 Å². The average molecular weight is 263 g/mol. The van der Waals surface area contributed by atoms with Crippen LogP contribution in [0.2, 0.25) is 0 Å². The van der Waals surface area contributed by atoms with Crippen LogP contribution >= 0.6 is 0 Å². The molecule has 108 valence electrons. The molecule has 0 aromatic carbocycles. The molecule has 3 nitrogen and oxygen atoms in total. The Morgan fingerprint density at radius 3 is 2.74 bits per heavy atom. The number of hydrogen-bond donors (Lipinski definition) is 1. The Labute approximate surface area is 117 Å². The van der Waals surface area contributed by atoms with Crippen LogP contribution < -0.4 is 5.32 Å². The zero-order valence-electron chi connectivity index (χ0n) is 12.6. The van der Waals surface area contributed by atoms with Crippen LogP contribution in [-0.4, -0.2) is 15.8 Å². The molecule has 1 N–H and O–H groups in total. The lowest BCUT2D eigenvalue weighted by Gasteiger charge is -2.23. The van der Waals surface area contributed by atoms with Crippen LogP contribution in [0.15, 0.2) is 12.4 Å². The minimum atomic E-state index is 0.632. The third kappa shape index (κ3) is 4.64. The molecule has 1 saturated carbocycles. The van der Waals surface area contributed by atoms with Crippen LogP contribution in [0, 0.1) is 5.92 Å². The first-order valence-corrected chi connectivity index (χ1v) is 8.04. The molecular formula is C16H29N3. The summed E-state index contributed by atoms with van der Waals surface area (Å²) in [6.07, 6.45) is 13.9. The minimum absolute atomic E-state index is 0.632. The predicted octanol–water partition coefficient (Wildman–Crippen LogP) is 3.74. The van der Waals surface area contributed by atoms with E-state index in [9.17, 15) is 0 Å². The molecule has 1 atom stereocenters. The summed E-state index contributed by atoms with van der Waals surface area (Å²) in [4.78, 5) is 0. The number of nitrogens with one attached hydrogen (secondary N) is 1. The number of hydrogen-bond acceptors (Lipinski definition) is 2. The van der Waals surface area contributed by atoms with E-state index in [0.717, 1.165) is 25.4 Å². The highest BCUT2D eigenvalue weighted by atomic mass is 15.3. The zero-order chi connectivity index (χ0) is 13.5. The highest BCUT2D eigenvalue weighted by Gasteiger charge is 2.18. The molecule has 1 aromatic heterocycles. The summed E-state index contributed by atoms with van der Waals surface area (Å²) < 4.78 is 2.05. The van der Waals surface area contributed by atoms with Gasteiger partial charge in [0, 0.05) is 30.9 Å². The molecule has 3 heteroatoms. The van der Waals surface area contributed by atoms with Crippen molar-refractivity contribution < 1.29 is 0 Å². The van der Waals surface area contributed by atoms with Crippen LogP contribution in [-0.2, 0) is 13.1 Å². The number of rotatable bonds is 6. The maximum atomic E-state index is 4.39. The van der Waals surface area contributed by atoms with Gasteiger partial charge in [0.1, 0.15) is 0 Å². The lowest BCUT2D eigenvalue weighted by atomic mass is 9.93. The second-order valence-corrected chi connectivity index (χ2v) is 6.03. The van der Waals surface area contributed by atoms with Gasteiger partial charge in [0.2, 0.25) is 0 Å². The Kier molecular flexibility index (Phi) is 5.90. The highest BCUT2D eigenvalue weighted by molar-refractivity contribution is 5.03. The molecule has 0 spiro atoms. The maximum absolute atomic E-state index is 4.39. The molecule has 1 aliphatic rings. The topological polar surface area (TPSA) is 29.9 Å². The Morgan fingerprint density at radius 1 is 1.32 bits per heavy atom. The predicted molar refractivity (Wildman–Crippen MR) is 80.0 cm³/mol. The summed E-state index contributed by atoms with van der Waals surface area (Å²) >= 11 is 0. The van der Waals surface area contributed by atoms with Crippen molar-refractivity contribution in [3.63, 3.8) is 0 Å². The van der Waals surface area contributed by atoms with Gasteiger partial charge in [0.05, 0.1) is 6.20 Å². The summed E-state index contributed by atoms with van der Waals surface area (Å²) in [6, 6.07) is 0.632. The molecular weight excluding hydrogens is 234 g/mol. The van der Waals surface area contributed by atoms with Crippen molar-refractivity contribution in [3.05, 3.63) is 18.0 Å². The molecule has 0 amide bonds. The van der Waals surface area contributed by atoms with Gasteiger partial charge < -0.3 is 5.32 Å². The van der Waals surface area contributed by atoms with Gasteiger partial charge in [-0.05, 0) is 32.1 Å². The van der Waals surface area contributed by atoms with E-state index in [4.69, 9.17) is 0 Å². The van der Waals surface area contributed by atoms with Crippen LogP contribution in [0.4, 0.5) is 0 Å². The Hall–Kier alpha value is -0.830. The third-order valence-corrected chi connectivity index (χ3v) is 4.37. The maximum Gasteiger partial charge on any atom is 0.0534 e. The quantitative estimate of drug-likeness (QED) is 0.792. The second-order valence-electron chi connectivity index (χ2n) is 6.03. The van der Waals surface area contributed by atoms with Crippen molar-refractivity contribution in [3.8, 4) is 0 Å². The first-order chi connectivity index (χ1) is 9.29. The molecule has 19 heavy (non-hydrogen) atoms. The Bertz CT molecular complexity index is 351. The summed E-state index contributed by atoms with van der Waals surface area (Å²) in [5.74, 6) is 0.869. The molecule has 0 saturated heterocycles. The molecule has 1 aliphatic carbocycles. The molecule has 2 rings (SSSR count). The lowest BCUT2D eigenvalue weighted by Crippen LogP contribution is -2.32. The standard InChI is InChI=1S/C16H29N3/c1-3-10-19-13-15(12-18-19)11-17-14(2)16-8-6-4-5-7-9-16/h12-14,16-17H,3-11H2,1-2H3/t14-/m0/s1. The van der Waals surface area contributed by atoms with Crippen molar-refractivity contribution in [1.82, 2.24) is 15.1 Å². The van der Waals surface area contributed by atoms with Crippen LogP contribution in [0.25, 0.3) is 0 Å². The van der Waals surface area contributed by atoms with Gasteiger partial charge in [-0.15, -0.1) is 0 Å². The van der Waals surface area contributed by atoms with Crippen molar-refractivity contribution in [2.24, 2.45) is 5.92 Å². The van der Waals surface area contributed by atoms with Gasteiger partial charge in [0.25, 0.3) is 0 Å². The van der Waals surface area contributed by atoms with Gasteiger partial charge >= 0.3 is 0 Å². The number of aryl methyl sites for hydroxylation is 1. The van der Waals surface area contributed by atoms with Crippen molar-refractivity contribution in [2.45, 2.75) is 77.9 Å². The fourth-order valence-electron chi connectivity index (χ4n) is 3.11. The normalized spacial score (nSPS) is 19.3. The monoisotopic (exact) mass is 263 g/mol. The molecule has 0 radical (unpaired) electrons. The average Bonchev–Trinajstić information content (AvgIpc) is 2.69. The van der Waals surface area contributed by atoms with E-state index < -0.39 is 0 Å².